The van der Waals surface area contributed by atoms with Crippen LogP contribution in [0.15, 0.2) is 34.6 Å². The molecule has 0 aliphatic carbocycles. The van der Waals surface area contributed by atoms with Gasteiger partial charge in [0.2, 0.25) is 0 Å². The van der Waals surface area contributed by atoms with Gasteiger partial charge in [0, 0.05) is 22.6 Å². The number of benzene rings is 1. The number of nitrogens with zero attached hydrogens (tertiary/aromatic N) is 2. The molecule has 90 valence electrons. The van der Waals surface area contributed by atoms with Crippen molar-refractivity contribution in [2.45, 2.75) is 26.8 Å². The van der Waals surface area contributed by atoms with Crippen LogP contribution in [0.3, 0.4) is 0 Å². The molecule has 0 aliphatic heterocycles. The van der Waals surface area contributed by atoms with Gasteiger partial charge < -0.3 is 4.57 Å². The van der Waals surface area contributed by atoms with Gasteiger partial charge in [0.05, 0.1) is 5.69 Å². The molecule has 1 aromatic carbocycles. The van der Waals surface area contributed by atoms with Crippen molar-refractivity contribution in [2.24, 2.45) is 4.99 Å². The van der Waals surface area contributed by atoms with E-state index in [9.17, 15) is 0 Å². The van der Waals surface area contributed by atoms with Crippen molar-refractivity contribution in [3.8, 4) is 0 Å². The highest BCUT2D eigenvalue weighted by Crippen LogP contribution is 2.16. The Balaban J connectivity index is 2.45. The van der Waals surface area contributed by atoms with Crippen LogP contribution < -0.4 is 4.80 Å². The van der Waals surface area contributed by atoms with Crippen LogP contribution in [0.2, 0.25) is 5.02 Å². The van der Waals surface area contributed by atoms with Gasteiger partial charge in [0.25, 0.3) is 0 Å². The Bertz CT molecular complexity index is 552. The number of rotatable bonds is 3. The summed E-state index contributed by atoms with van der Waals surface area (Å²) in [7, 11) is 0. The molecule has 0 unspecified atom stereocenters. The molecule has 2 aromatic rings. The number of hydrogen-bond acceptors (Lipinski definition) is 2. The molecule has 17 heavy (non-hydrogen) atoms. The first-order valence-corrected chi connectivity index (χ1v) is 6.97. The van der Waals surface area contributed by atoms with Crippen LogP contribution in [-0.4, -0.2) is 4.57 Å². The van der Waals surface area contributed by atoms with E-state index in [2.05, 4.69) is 28.8 Å². The molecule has 0 saturated carbocycles. The molecule has 0 radical (unpaired) electrons. The van der Waals surface area contributed by atoms with Gasteiger partial charge in [-0.05, 0) is 37.6 Å². The molecule has 0 bridgehead atoms. The van der Waals surface area contributed by atoms with E-state index in [4.69, 9.17) is 11.6 Å². The summed E-state index contributed by atoms with van der Waals surface area (Å²) in [4.78, 5) is 5.69. The lowest BCUT2D eigenvalue weighted by atomic mass is 10.3. The Labute approximate surface area is 110 Å². The zero-order valence-electron chi connectivity index (χ0n) is 9.98. The number of thiazole rings is 1. The lowest BCUT2D eigenvalue weighted by Crippen LogP contribution is -2.15. The van der Waals surface area contributed by atoms with Crippen LogP contribution in [0.1, 0.15) is 19.5 Å². The number of aromatic nitrogens is 1. The fraction of sp³-hybridized carbons (Fsp3) is 0.308. The van der Waals surface area contributed by atoms with Gasteiger partial charge in [0.1, 0.15) is 0 Å². The van der Waals surface area contributed by atoms with Crippen LogP contribution >= 0.6 is 22.9 Å². The van der Waals surface area contributed by atoms with Crippen molar-refractivity contribution in [3.63, 3.8) is 0 Å². The molecule has 0 N–H and O–H groups in total. The molecule has 0 fully saturated rings. The van der Waals surface area contributed by atoms with Gasteiger partial charge in [0.15, 0.2) is 4.80 Å². The minimum Gasteiger partial charge on any atom is -0.321 e. The van der Waals surface area contributed by atoms with Crippen molar-refractivity contribution in [3.05, 3.63) is 45.2 Å². The zero-order chi connectivity index (χ0) is 12.3. The predicted octanol–water partition coefficient (Wildman–Crippen LogP) is 4.02. The molecule has 0 spiro atoms. The third-order valence-electron chi connectivity index (χ3n) is 2.61. The first-order valence-electron chi connectivity index (χ1n) is 5.72. The average molecular weight is 267 g/mol. The van der Waals surface area contributed by atoms with Crippen molar-refractivity contribution in [2.75, 3.05) is 0 Å². The summed E-state index contributed by atoms with van der Waals surface area (Å²) in [6, 6.07) is 7.61. The smallest absolute Gasteiger partial charge is 0.190 e. The highest BCUT2D eigenvalue weighted by molar-refractivity contribution is 7.07. The fourth-order valence-corrected chi connectivity index (χ4v) is 2.89. The SMILES string of the molecule is CCc1csc(=Nc2ccc(Cl)cc2)n1CC. The van der Waals surface area contributed by atoms with Gasteiger partial charge >= 0.3 is 0 Å². The highest BCUT2D eigenvalue weighted by Gasteiger charge is 2.01. The lowest BCUT2D eigenvalue weighted by Gasteiger charge is -2.02. The van der Waals surface area contributed by atoms with E-state index in [1.54, 1.807) is 11.3 Å². The van der Waals surface area contributed by atoms with Crippen molar-refractivity contribution in [1.29, 1.82) is 0 Å². The Morgan fingerprint density at radius 1 is 1.24 bits per heavy atom. The highest BCUT2D eigenvalue weighted by atomic mass is 35.5. The van der Waals surface area contributed by atoms with Crippen LogP contribution in [0.4, 0.5) is 5.69 Å². The van der Waals surface area contributed by atoms with Gasteiger partial charge in [-0.25, -0.2) is 4.99 Å². The largest absolute Gasteiger partial charge is 0.321 e. The van der Waals surface area contributed by atoms with Gasteiger partial charge in [-0.3, -0.25) is 0 Å². The quantitative estimate of drug-likeness (QED) is 0.799. The van der Waals surface area contributed by atoms with E-state index in [0.717, 1.165) is 28.5 Å². The van der Waals surface area contributed by atoms with Crippen LogP contribution in [0, 0.1) is 0 Å². The topological polar surface area (TPSA) is 17.3 Å². The minimum absolute atomic E-state index is 0.743. The van der Waals surface area contributed by atoms with E-state index in [1.165, 1.54) is 5.69 Å². The monoisotopic (exact) mass is 266 g/mol. The summed E-state index contributed by atoms with van der Waals surface area (Å²) in [6.07, 6.45) is 1.04. The third-order valence-corrected chi connectivity index (χ3v) is 3.77. The third kappa shape index (κ3) is 2.79. The average Bonchev–Trinajstić information content (AvgIpc) is 2.74. The van der Waals surface area contributed by atoms with Gasteiger partial charge in [-0.2, -0.15) is 0 Å². The molecule has 2 nitrogen and oxygen atoms in total. The lowest BCUT2D eigenvalue weighted by molar-refractivity contribution is 0.693. The first kappa shape index (κ1) is 12.4. The van der Waals surface area contributed by atoms with Crippen molar-refractivity contribution >= 4 is 28.6 Å². The van der Waals surface area contributed by atoms with E-state index in [-0.39, 0.29) is 0 Å². The number of halogens is 1. The predicted molar refractivity (Wildman–Crippen MR) is 74.0 cm³/mol. The normalized spacial score (nSPS) is 12.1. The number of hydrogen-bond donors (Lipinski definition) is 0. The van der Waals surface area contributed by atoms with Gasteiger partial charge in [-0.1, -0.05) is 18.5 Å². The Morgan fingerprint density at radius 3 is 2.53 bits per heavy atom. The molecule has 1 aromatic heterocycles. The van der Waals surface area contributed by atoms with Crippen molar-refractivity contribution in [1.82, 2.24) is 4.57 Å². The molecule has 0 aliphatic rings. The molecule has 0 amide bonds. The minimum atomic E-state index is 0.743. The molecule has 4 heteroatoms. The maximum atomic E-state index is 5.86. The van der Waals surface area contributed by atoms with Crippen molar-refractivity contribution < 1.29 is 0 Å². The van der Waals surface area contributed by atoms with Crippen LogP contribution in [-0.2, 0) is 13.0 Å². The summed E-state index contributed by atoms with van der Waals surface area (Å²) in [5.41, 5.74) is 2.28. The summed E-state index contributed by atoms with van der Waals surface area (Å²) in [5.74, 6) is 0. The summed E-state index contributed by atoms with van der Waals surface area (Å²) in [5, 5.41) is 2.92. The maximum Gasteiger partial charge on any atom is 0.190 e. The molecule has 0 saturated heterocycles. The second kappa shape index (κ2) is 5.52. The zero-order valence-corrected chi connectivity index (χ0v) is 11.6. The maximum absolute atomic E-state index is 5.86. The van der Waals surface area contributed by atoms with E-state index in [0.29, 0.717) is 0 Å². The molecular weight excluding hydrogens is 252 g/mol. The fourth-order valence-electron chi connectivity index (χ4n) is 1.70. The molecule has 1 heterocycles. The second-order valence-electron chi connectivity index (χ2n) is 3.70. The summed E-state index contributed by atoms with van der Waals surface area (Å²) in [6.45, 7) is 5.27. The van der Waals surface area contributed by atoms with Gasteiger partial charge in [-0.15, -0.1) is 11.3 Å². The summed E-state index contributed by atoms with van der Waals surface area (Å²) < 4.78 is 2.25. The second-order valence-corrected chi connectivity index (χ2v) is 4.97. The van der Waals surface area contributed by atoms with E-state index >= 15 is 0 Å². The van der Waals surface area contributed by atoms with E-state index in [1.807, 2.05) is 24.3 Å². The Kier molecular flexibility index (Phi) is 4.02. The van der Waals surface area contributed by atoms with Crippen LogP contribution in [0.5, 0.6) is 0 Å². The van der Waals surface area contributed by atoms with E-state index < -0.39 is 0 Å². The Morgan fingerprint density at radius 2 is 1.94 bits per heavy atom. The number of aryl methyl sites for hydroxylation is 1. The molecule has 0 atom stereocenters. The Hall–Kier alpha value is -1.06. The first-order chi connectivity index (χ1) is 8.24. The van der Waals surface area contributed by atoms with Crippen LogP contribution in [0.25, 0.3) is 0 Å². The molecule has 2 rings (SSSR count). The molecular formula is C13H15ClN2S. The summed E-state index contributed by atoms with van der Waals surface area (Å²) >= 11 is 7.54. The standard InChI is InChI=1S/C13H15ClN2S/c1-3-12-9-17-13(16(12)4-2)15-11-7-5-10(14)6-8-11/h5-9H,3-4H2,1-2H3.